The quantitative estimate of drug-likeness (QED) is 0.899. The molecule has 0 aromatic heterocycles. The minimum atomic E-state index is -0.972. The maximum absolute atomic E-state index is 12.6. The van der Waals surface area contributed by atoms with Gasteiger partial charge in [0.05, 0.1) is 11.6 Å². The van der Waals surface area contributed by atoms with Gasteiger partial charge in [0.1, 0.15) is 6.54 Å². The van der Waals surface area contributed by atoms with Crippen molar-refractivity contribution in [2.24, 2.45) is 5.92 Å². The number of amides is 1. The van der Waals surface area contributed by atoms with Gasteiger partial charge in [-0.15, -0.1) is 0 Å². The second-order valence-electron chi connectivity index (χ2n) is 5.64. The van der Waals surface area contributed by atoms with Crippen molar-refractivity contribution in [2.75, 3.05) is 11.4 Å². The van der Waals surface area contributed by atoms with Crippen LogP contribution in [-0.4, -0.2) is 23.5 Å². The minimum Gasteiger partial charge on any atom is -0.480 e. The number of rotatable bonds is 5. The summed E-state index contributed by atoms with van der Waals surface area (Å²) < 4.78 is 0. The van der Waals surface area contributed by atoms with Gasteiger partial charge in [-0.1, -0.05) is 45.4 Å². The average molecular weight is 275 g/mol. The number of aliphatic carboxylic acids is 1. The van der Waals surface area contributed by atoms with E-state index in [2.05, 4.69) is 6.92 Å². The number of fused-ring (bicyclic) bond motifs is 1. The van der Waals surface area contributed by atoms with Crippen molar-refractivity contribution < 1.29 is 14.7 Å². The first kappa shape index (κ1) is 14.6. The number of anilines is 1. The summed E-state index contributed by atoms with van der Waals surface area (Å²) in [5.41, 5.74) is 2.89. The monoisotopic (exact) mass is 275 g/mol. The fourth-order valence-corrected chi connectivity index (χ4v) is 3.01. The molecule has 1 atom stereocenters. The van der Waals surface area contributed by atoms with Gasteiger partial charge in [0.25, 0.3) is 0 Å². The Hall–Kier alpha value is -1.84. The summed E-state index contributed by atoms with van der Waals surface area (Å²) in [7, 11) is 0. The number of carbonyl (C=O) groups is 2. The molecule has 1 N–H and O–H groups in total. The Bertz CT molecular complexity index is 537. The van der Waals surface area contributed by atoms with Crippen molar-refractivity contribution in [3.8, 4) is 0 Å². The third-order valence-electron chi connectivity index (χ3n) is 3.77. The van der Waals surface area contributed by atoms with E-state index in [9.17, 15) is 9.59 Å². The summed E-state index contributed by atoms with van der Waals surface area (Å²) in [4.78, 5) is 25.1. The molecule has 0 saturated heterocycles. The van der Waals surface area contributed by atoms with Gasteiger partial charge >= 0.3 is 5.97 Å². The van der Waals surface area contributed by atoms with Crippen molar-refractivity contribution in [3.05, 3.63) is 29.3 Å². The number of hydrogen-bond donors (Lipinski definition) is 1. The summed E-state index contributed by atoms with van der Waals surface area (Å²) in [6.07, 6.45) is 1.83. The summed E-state index contributed by atoms with van der Waals surface area (Å²) in [5.74, 6) is -1.11. The lowest BCUT2D eigenvalue weighted by atomic mass is 9.88. The van der Waals surface area contributed by atoms with E-state index in [0.29, 0.717) is 0 Å². The van der Waals surface area contributed by atoms with Crippen LogP contribution in [0.5, 0.6) is 0 Å². The number of benzene rings is 1. The van der Waals surface area contributed by atoms with Crippen molar-refractivity contribution in [2.45, 2.75) is 39.5 Å². The molecule has 20 heavy (non-hydrogen) atoms. The predicted molar refractivity (Wildman–Crippen MR) is 78.0 cm³/mol. The van der Waals surface area contributed by atoms with Crippen LogP contribution in [0, 0.1) is 5.92 Å². The Morgan fingerprint density at radius 1 is 1.40 bits per heavy atom. The highest BCUT2D eigenvalue weighted by atomic mass is 16.4. The van der Waals surface area contributed by atoms with Crippen molar-refractivity contribution in [1.29, 1.82) is 0 Å². The van der Waals surface area contributed by atoms with Gasteiger partial charge in [-0.2, -0.15) is 0 Å². The summed E-state index contributed by atoms with van der Waals surface area (Å²) in [5, 5.41) is 9.07. The van der Waals surface area contributed by atoms with Gasteiger partial charge in [0, 0.05) is 0 Å². The van der Waals surface area contributed by atoms with E-state index < -0.39 is 5.97 Å². The van der Waals surface area contributed by atoms with Crippen LogP contribution in [0.3, 0.4) is 0 Å². The van der Waals surface area contributed by atoms with Gasteiger partial charge in [-0.3, -0.25) is 9.59 Å². The van der Waals surface area contributed by atoms with Crippen LogP contribution in [0.15, 0.2) is 18.2 Å². The molecule has 4 heteroatoms. The predicted octanol–water partition coefficient (Wildman–Crippen LogP) is 2.81. The van der Waals surface area contributed by atoms with E-state index in [1.54, 1.807) is 0 Å². The molecule has 0 fully saturated rings. The van der Waals surface area contributed by atoms with Crippen LogP contribution in [0.1, 0.15) is 44.2 Å². The Kier molecular flexibility index (Phi) is 4.12. The van der Waals surface area contributed by atoms with Gasteiger partial charge in [-0.25, -0.2) is 0 Å². The lowest BCUT2D eigenvalue weighted by Crippen LogP contribution is -2.35. The minimum absolute atomic E-state index is 0.0825. The topological polar surface area (TPSA) is 57.6 Å². The fraction of sp³-hybridized carbons (Fsp3) is 0.500. The zero-order valence-corrected chi connectivity index (χ0v) is 12.2. The van der Waals surface area contributed by atoms with Gasteiger partial charge in [-0.05, 0) is 23.5 Å². The molecule has 0 spiro atoms. The summed E-state index contributed by atoms with van der Waals surface area (Å²) in [6.45, 7) is 5.83. The molecule has 0 saturated carbocycles. The first-order chi connectivity index (χ1) is 9.47. The van der Waals surface area contributed by atoms with E-state index >= 15 is 0 Å². The van der Waals surface area contributed by atoms with E-state index in [4.69, 9.17) is 5.11 Å². The summed E-state index contributed by atoms with van der Waals surface area (Å²) in [6, 6.07) is 5.92. The zero-order valence-electron chi connectivity index (χ0n) is 12.2. The van der Waals surface area contributed by atoms with E-state index in [-0.39, 0.29) is 24.3 Å². The Balaban J connectivity index is 2.54. The van der Waals surface area contributed by atoms with E-state index in [1.165, 1.54) is 4.90 Å². The highest BCUT2D eigenvalue weighted by molar-refractivity contribution is 6.08. The average Bonchev–Trinajstić information content (AvgIpc) is 2.63. The molecule has 1 aromatic carbocycles. The first-order valence-corrected chi connectivity index (χ1v) is 7.12. The number of aryl methyl sites for hydroxylation is 1. The second kappa shape index (κ2) is 5.65. The van der Waals surface area contributed by atoms with Crippen LogP contribution < -0.4 is 4.90 Å². The van der Waals surface area contributed by atoms with Crippen LogP contribution in [-0.2, 0) is 16.0 Å². The number of hydrogen-bond acceptors (Lipinski definition) is 2. The number of carbonyl (C=O) groups excluding carboxylic acids is 1. The van der Waals surface area contributed by atoms with Crippen LogP contribution in [0.4, 0.5) is 5.69 Å². The number of nitrogens with zero attached hydrogens (tertiary/aromatic N) is 1. The van der Waals surface area contributed by atoms with Crippen LogP contribution in [0.25, 0.3) is 0 Å². The largest absolute Gasteiger partial charge is 0.480 e. The highest BCUT2D eigenvalue weighted by Gasteiger charge is 2.40. The molecule has 0 radical (unpaired) electrons. The number of carboxylic acid groups (broad SMARTS) is 1. The molecule has 1 aliphatic rings. The molecular weight excluding hydrogens is 254 g/mol. The van der Waals surface area contributed by atoms with Crippen molar-refractivity contribution >= 4 is 17.6 Å². The van der Waals surface area contributed by atoms with Crippen molar-refractivity contribution in [1.82, 2.24) is 0 Å². The summed E-state index contributed by atoms with van der Waals surface area (Å²) >= 11 is 0. The molecule has 0 bridgehead atoms. The van der Waals surface area contributed by atoms with Crippen molar-refractivity contribution in [3.63, 3.8) is 0 Å². The smallest absolute Gasteiger partial charge is 0.323 e. The number of carboxylic acids is 1. The zero-order chi connectivity index (χ0) is 14.9. The van der Waals surface area contributed by atoms with Crippen LogP contribution >= 0.6 is 0 Å². The molecule has 1 aliphatic heterocycles. The lowest BCUT2D eigenvalue weighted by molar-refractivity contribution is -0.136. The van der Waals surface area contributed by atoms with Gasteiger partial charge < -0.3 is 10.0 Å². The molecule has 1 aromatic rings. The standard InChI is InChI=1S/C16H21NO3/c1-4-6-11-7-5-8-12-14(10(2)3)16(20)17(15(11)12)9-13(18)19/h5,7-8,10,14H,4,6,9H2,1-3H3,(H,18,19). The molecule has 108 valence electrons. The molecule has 2 rings (SSSR count). The molecule has 4 nitrogen and oxygen atoms in total. The SMILES string of the molecule is CCCc1cccc2c1N(CC(=O)O)C(=O)C2C(C)C. The normalized spacial score (nSPS) is 17.7. The Labute approximate surface area is 119 Å². The second-order valence-corrected chi connectivity index (χ2v) is 5.64. The maximum Gasteiger partial charge on any atom is 0.323 e. The van der Waals surface area contributed by atoms with Gasteiger partial charge in [0.2, 0.25) is 5.91 Å². The molecule has 0 aliphatic carbocycles. The fourth-order valence-electron chi connectivity index (χ4n) is 3.01. The first-order valence-electron chi connectivity index (χ1n) is 7.12. The Morgan fingerprint density at radius 3 is 2.65 bits per heavy atom. The Morgan fingerprint density at radius 2 is 2.10 bits per heavy atom. The van der Waals surface area contributed by atoms with Gasteiger partial charge in [0.15, 0.2) is 0 Å². The molecular formula is C16H21NO3. The molecule has 1 amide bonds. The van der Waals surface area contributed by atoms with E-state index in [1.807, 2.05) is 32.0 Å². The third kappa shape index (κ3) is 2.42. The van der Waals surface area contributed by atoms with Crippen LogP contribution in [0.2, 0.25) is 0 Å². The third-order valence-corrected chi connectivity index (χ3v) is 3.77. The number of para-hydroxylation sites is 1. The maximum atomic E-state index is 12.6. The molecule has 1 unspecified atom stereocenters. The molecule has 1 heterocycles. The van der Waals surface area contributed by atoms with E-state index in [0.717, 1.165) is 29.7 Å². The highest BCUT2D eigenvalue weighted by Crippen LogP contribution is 2.43. The lowest BCUT2D eigenvalue weighted by Gasteiger charge is -2.18.